The molecule has 19 heavy (non-hydrogen) atoms. The zero-order valence-electron chi connectivity index (χ0n) is 11.0. The third-order valence-electron chi connectivity index (χ3n) is 2.53. The largest absolute Gasteiger partial charge is 0.495 e. The highest BCUT2D eigenvalue weighted by atomic mass is 32.2. The van der Waals surface area contributed by atoms with Crippen LogP contribution in [0, 0.1) is 6.92 Å². The van der Waals surface area contributed by atoms with Gasteiger partial charge in [0.15, 0.2) is 0 Å². The summed E-state index contributed by atoms with van der Waals surface area (Å²) in [6.07, 6.45) is 1.60. The van der Waals surface area contributed by atoms with Crippen molar-refractivity contribution in [2.75, 3.05) is 14.2 Å². The Hall–Kier alpha value is -1.82. The Bertz CT molecular complexity index is 572. The van der Waals surface area contributed by atoms with Gasteiger partial charge in [0.05, 0.1) is 31.2 Å². The molecule has 0 radical (unpaired) electrons. The molecule has 0 spiro atoms. The van der Waals surface area contributed by atoms with Gasteiger partial charge < -0.3 is 13.9 Å². The molecule has 2 aromatic rings. The topological polar surface area (TPSA) is 61.6 Å². The van der Waals surface area contributed by atoms with Crippen LogP contribution in [0.15, 0.2) is 33.7 Å². The lowest BCUT2D eigenvalue weighted by Gasteiger charge is -2.11. The number of rotatable bonds is 5. The van der Waals surface area contributed by atoms with Crippen LogP contribution < -0.4 is 9.47 Å². The molecule has 0 bridgehead atoms. The summed E-state index contributed by atoms with van der Waals surface area (Å²) in [4.78, 5) is 4.57. The normalized spacial score (nSPS) is 12.2. The van der Waals surface area contributed by atoms with E-state index in [1.165, 1.54) is 14.2 Å². The van der Waals surface area contributed by atoms with E-state index in [0.717, 1.165) is 0 Å². The Morgan fingerprint density at radius 1 is 1.26 bits per heavy atom. The maximum atomic E-state index is 12.4. The highest BCUT2D eigenvalue weighted by Crippen LogP contribution is 2.32. The fourth-order valence-electron chi connectivity index (χ4n) is 1.69. The van der Waals surface area contributed by atoms with E-state index in [4.69, 9.17) is 13.9 Å². The van der Waals surface area contributed by atoms with E-state index < -0.39 is 10.8 Å². The molecule has 0 N–H and O–H groups in total. The molecule has 0 amide bonds. The second-order valence-corrected chi connectivity index (χ2v) is 5.23. The Morgan fingerprint density at radius 3 is 2.37 bits per heavy atom. The van der Waals surface area contributed by atoms with Gasteiger partial charge in [0.25, 0.3) is 0 Å². The molecular formula is C13H15NO4S. The van der Waals surface area contributed by atoms with E-state index in [1.54, 1.807) is 31.3 Å². The van der Waals surface area contributed by atoms with Crippen LogP contribution in [0.5, 0.6) is 11.5 Å². The first-order valence-corrected chi connectivity index (χ1v) is 6.98. The van der Waals surface area contributed by atoms with Crippen molar-refractivity contribution in [3.05, 3.63) is 36.0 Å². The summed E-state index contributed by atoms with van der Waals surface area (Å²) in [5.41, 5.74) is 0. The first kappa shape index (κ1) is 13.6. The molecule has 102 valence electrons. The molecule has 1 atom stereocenters. The maximum Gasteiger partial charge on any atom is 0.207 e. The number of ether oxygens (including phenoxy) is 2. The van der Waals surface area contributed by atoms with E-state index >= 15 is 0 Å². The summed E-state index contributed by atoms with van der Waals surface area (Å²) < 4.78 is 28.2. The monoisotopic (exact) mass is 281 g/mol. The Labute approximate surface area is 114 Å². The Kier molecular flexibility index (Phi) is 4.21. The van der Waals surface area contributed by atoms with Crippen molar-refractivity contribution in [3.63, 3.8) is 0 Å². The standard InChI is InChI=1S/C13H15NO4S/c1-9-7-14-12(18-9)8-19(15)13-10(16-2)5-4-6-11(13)17-3/h4-7H,8H2,1-3H3/t19-/m1/s1. The molecule has 5 nitrogen and oxygen atoms in total. The van der Waals surface area contributed by atoms with Gasteiger partial charge in [-0.25, -0.2) is 4.98 Å². The van der Waals surface area contributed by atoms with Crippen LogP contribution in [-0.4, -0.2) is 23.4 Å². The van der Waals surface area contributed by atoms with Gasteiger partial charge >= 0.3 is 0 Å². The number of hydrogen-bond donors (Lipinski definition) is 0. The van der Waals surface area contributed by atoms with Crippen LogP contribution >= 0.6 is 0 Å². The predicted octanol–water partition coefficient (Wildman–Crippen LogP) is 2.31. The number of aryl methyl sites for hydroxylation is 1. The van der Waals surface area contributed by atoms with Crippen LogP contribution in [0.3, 0.4) is 0 Å². The molecule has 0 aliphatic heterocycles. The fraction of sp³-hybridized carbons (Fsp3) is 0.308. The van der Waals surface area contributed by atoms with E-state index in [1.807, 2.05) is 0 Å². The molecule has 0 aliphatic carbocycles. The van der Waals surface area contributed by atoms with E-state index in [-0.39, 0.29) is 5.75 Å². The first-order chi connectivity index (χ1) is 9.15. The second-order valence-electron chi connectivity index (χ2n) is 3.85. The molecule has 0 aliphatic rings. The highest BCUT2D eigenvalue weighted by Gasteiger charge is 2.18. The number of aromatic nitrogens is 1. The predicted molar refractivity (Wildman–Crippen MR) is 70.9 cm³/mol. The summed E-state index contributed by atoms with van der Waals surface area (Å²) in [5, 5.41) is 0. The lowest BCUT2D eigenvalue weighted by molar-refractivity contribution is 0.375. The van der Waals surface area contributed by atoms with Crippen molar-refractivity contribution in [2.45, 2.75) is 17.6 Å². The van der Waals surface area contributed by atoms with Crippen molar-refractivity contribution in [1.82, 2.24) is 4.98 Å². The van der Waals surface area contributed by atoms with E-state index in [0.29, 0.717) is 28.0 Å². The minimum absolute atomic E-state index is 0.185. The number of hydrogen-bond acceptors (Lipinski definition) is 5. The summed E-state index contributed by atoms with van der Waals surface area (Å²) in [5.74, 6) is 2.37. The second kappa shape index (κ2) is 5.88. The van der Waals surface area contributed by atoms with E-state index in [2.05, 4.69) is 4.98 Å². The number of methoxy groups -OCH3 is 2. The third kappa shape index (κ3) is 2.96. The summed E-state index contributed by atoms with van der Waals surface area (Å²) >= 11 is 0. The molecule has 6 heteroatoms. The van der Waals surface area contributed by atoms with E-state index in [9.17, 15) is 4.21 Å². The average molecular weight is 281 g/mol. The van der Waals surface area contributed by atoms with Crippen molar-refractivity contribution >= 4 is 10.8 Å². The molecule has 1 aromatic heterocycles. The fourth-order valence-corrected chi connectivity index (χ4v) is 2.95. The molecule has 1 heterocycles. The van der Waals surface area contributed by atoms with Gasteiger partial charge in [-0.05, 0) is 19.1 Å². The lowest BCUT2D eigenvalue weighted by Crippen LogP contribution is -2.02. The molecule has 0 unspecified atom stereocenters. The number of nitrogens with zero attached hydrogens (tertiary/aromatic N) is 1. The number of oxazole rings is 1. The van der Waals surface area contributed by atoms with Crippen molar-refractivity contribution in [3.8, 4) is 11.5 Å². The van der Waals surface area contributed by atoms with Gasteiger partial charge in [0.2, 0.25) is 5.89 Å². The summed E-state index contributed by atoms with van der Waals surface area (Å²) in [6, 6.07) is 5.28. The minimum Gasteiger partial charge on any atom is -0.495 e. The summed E-state index contributed by atoms with van der Waals surface area (Å²) in [7, 11) is 1.71. The van der Waals surface area contributed by atoms with Crippen LogP contribution in [0.25, 0.3) is 0 Å². The summed E-state index contributed by atoms with van der Waals surface area (Å²) in [6.45, 7) is 1.79. The van der Waals surface area contributed by atoms with Crippen LogP contribution in [0.2, 0.25) is 0 Å². The maximum absolute atomic E-state index is 12.4. The highest BCUT2D eigenvalue weighted by molar-refractivity contribution is 7.84. The molecule has 0 saturated heterocycles. The Balaban J connectivity index is 2.32. The van der Waals surface area contributed by atoms with Gasteiger partial charge in [-0.1, -0.05) is 6.07 Å². The van der Waals surface area contributed by atoms with Gasteiger partial charge in [-0.15, -0.1) is 0 Å². The first-order valence-electron chi connectivity index (χ1n) is 5.66. The molecular weight excluding hydrogens is 266 g/mol. The molecule has 1 aromatic carbocycles. The average Bonchev–Trinajstić information content (AvgIpc) is 2.82. The number of benzene rings is 1. The van der Waals surface area contributed by atoms with Gasteiger partial charge in [0.1, 0.15) is 27.9 Å². The van der Waals surface area contributed by atoms with Crippen LogP contribution in [-0.2, 0) is 16.6 Å². The Morgan fingerprint density at radius 2 is 1.89 bits per heavy atom. The SMILES string of the molecule is COc1cccc(OC)c1[S@](=O)Cc1ncc(C)o1. The van der Waals surface area contributed by atoms with Crippen LogP contribution in [0.4, 0.5) is 0 Å². The van der Waals surface area contributed by atoms with Gasteiger partial charge in [-0.2, -0.15) is 0 Å². The quantitative estimate of drug-likeness (QED) is 0.841. The van der Waals surface area contributed by atoms with Gasteiger partial charge in [-0.3, -0.25) is 4.21 Å². The lowest BCUT2D eigenvalue weighted by atomic mass is 10.3. The minimum atomic E-state index is -1.35. The molecule has 0 fully saturated rings. The third-order valence-corrected chi connectivity index (χ3v) is 3.90. The van der Waals surface area contributed by atoms with Crippen molar-refractivity contribution in [1.29, 1.82) is 0 Å². The van der Waals surface area contributed by atoms with Crippen molar-refractivity contribution < 1.29 is 18.1 Å². The smallest absolute Gasteiger partial charge is 0.207 e. The molecule has 0 saturated carbocycles. The molecule has 2 rings (SSSR count). The zero-order valence-corrected chi connectivity index (χ0v) is 11.8. The zero-order chi connectivity index (χ0) is 13.8. The van der Waals surface area contributed by atoms with Crippen LogP contribution in [0.1, 0.15) is 11.7 Å². The van der Waals surface area contributed by atoms with Crippen molar-refractivity contribution in [2.24, 2.45) is 0 Å². The van der Waals surface area contributed by atoms with Gasteiger partial charge in [0, 0.05) is 0 Å².